The van der Waals surface area contributed by atoms with Gasteiger partial charge in [0.15, 0.2) is 0 Å². The van der Waals surface area contributed by atoms with Crippen molar-refractivity contribution in [2.45, 2.75) is 0 Å². The highest BCUT2D eigenvalue weighted by Gasteiger charge is 2.25. The fourth-order valence-corrected chi connectivity index (χ4v) is 8.11. The number of fused-ring (bicyclic) bond motifs is 5. The summed E-state index contributed by atoms with van der Waals surface area (Å²) < 4.78 is 3.75. The number of hydrogen-bond donors (Lipinski definition) is 0. The molecule has 0 saturated heterocycles. The van der Waals surface area contributed by atoms with Gasteiger partial charge in [-0.3, -0.25) is 4.40 Å². The van der Waals surface area contributed by atoms with Gasteiger partial charge in [0.05, 0.1) is 21.4 Å². The second kappa shape index (κ2) is 11.5. The van der Waals surface area contributed by atoms with Crippen molar-refractivity contribution in [1.29, 1.82) is 0 Å². The van der Waals surface area contributed by atoms with Crippen molar-refractivity contribution in [2.24, 2.45) is 0 Å². The first kappa shape index (κ1) is 27.4. The van der Waals surface area contributed by atoms with Gasteiger partial charge in [0.25, 0.3) is 0 Å². The minimum Gasteiger partial charge on any atom is -0.307 e. The zero-order valence-electron chi connectivity index (χ0n) is 25.6. The van der Waals surface area contributed by atoms with Crippen LogP contribution in [-0.4, -0.2) is 4.40 Å². The van der Waals surface area contributed by atoms with E-state index < -0.39 is 0 Å². The van der Waals surface area contributed by atoms with Gasteiger partial charge < -0.3 is 4.90 Å². The summed E-state index contributed by atoms with van der Waals surface area (Å²) in [4.78, 5) is 3.67. The van der Waals surface area contributed by atoms with Crippen LogP contribution in [0.15, 0.2) is 182 Å². The van der Waals surface area contributed by atoms with Crippen LogP contribution in [0.3, 0.4) is 0 Å². The molecule has 0 amide bonds. The molecule has 0 unspecified atom stereocenters. The molecule has 9 aromatic rings. The maximum Gasteiger partial charge on any atom is 0.126 e. The Hall–Kier alpha value is -5.90. The molecule has 0 bridgehead atoms. The summed E-state index contributed by atoms with van der Waals surface area (Å²) in [7, 11) is 0. The first-order valence-electron chi connectivity index (χ1n) is 15.9. The van der Waals surface area contributed by atoms with E-state index in [1.54, 1.807) is 0 Å². The number of hydrogen-bond acceptors (Lipinski definition) is 2. The minimum atomic E-state index is 1.12. The summed E-state index contributed by atoms with van der Waals surface area (Å²) in [5.41, 5.74) is 13.2. The standard InChI is InChI=1S/C44H30N2S/c1-4-13-31(14-5-1)33-23-27-36(28-24-33)45(37-29-25-34(26-30-37)32-15-6-2-7-16-32)42-39-19-10-11-21-40(39)46-41-22-12-20-38(43(41)47-44(42)46)35-17-8-3-9-18-35/h1-30H. The van der Waals surface area contributed by atoms with Crippen LogP contribution in [0.25, 0.3) is 59.3 Å². The fraction of sp³-hybridized carbons (Fsp3) is 0. The highest BCUT2D eigenvalue weighted by atomic mass is 32.1. The Labute approximate surface area is 278 Å². The Morgan fingerprint density at radius 2 is 0.851 bits per heavy atom. The normalized spacial score (nSPS) is 11.4. The molecule has 0 radical (unpaired) electrons. The number of anilines is 3. The maximum absolute atomic E-state index is 2.46. The second-order valence-electron chi connectivity index (χ2n) is 11.8. The van der Waals surface area contributed by atoms with Crippen LogP contribution >= 0.6 is 11.3 Å². The predicted molar refractivity (Wildman–Crippen MR) is 201 cm³/mol. The van der Waals surface area contributed by atoms with E-state index in [0.717, 1.165) is 11.4 Å². The summed E-state index contributed by atoms with van der Waals surface area (Å²) in [6.07, 6.45) is 0. The van der Waals surface area contributed by atoms with Crippen molar-refractivity contribution in [2.75, 3.05) is 4.90 Å². The average Bonchev–Trinajstić information content (AvgIpc) is 3.69. The maximum atomic E-state index is 2.46. The van der Waals surface area contributed by atoms with Crippen molar-refractivity contribution in [3.63, 3.8) is 0 Å². The van der Waals surface area contributed by atoms with Crippen molar-refractivity contribution in [3.8, 4) is 33.4 Å². The first-order valence-corrected chi connectivity index (χ1v) is 16.8. The smallest absolute Gasteiger partial charge is 0.126 e. The van der Waals surface area contributed by atoms with Crippen LogP contribution in [-0.2, 0) is 0 Å². The number of thiazole rings is 1. The van der Waals surface area contributed by atoms with Crippen molar-refractivity contribution >= 4 is 54.3 Å². The first-order chi connectivity index (χ1) is 23.3. The van der Waals surface area contributed by atoms with Crippen molar-refractivity contribution in [3.05, 3.63) is 182 Å². The minimum absolute atomic E-state index is 1.12. The number of benzene rings is 7. The molecule has 47 heavy (non-hydrogen) atoms. The van der Waals surface area contributed by atoms with Gasteiger partial charge >= 0.3 is 0 Å². The van der Waals surface area contributed by atoms with Crippen molar-refractivity contribution < 1.29 is 0 Å². The van der Waals surface area contributed by atoms with E-state index in [-0.39, 0.29) is 0 Å². The number of aromatic nitrogens is 1. The van der Waals surface area contributed by atoms with Crippen LogP contribution in [0.2, 0.25) is 0 Å². The lowest BCUT2D eigenvalue weighted by Crippen LogP contribution is -2.09. The van der Waals surface area contributed by atoms with Gasteiger partial charge in [0.2, 0.25) is 0 Å². The lowest BCUT2D eigenvalue weighted by molar-refractivity contribution is 1.30. The Balaban J connectivity index is 1.29. The number of para-hydroxylation sites is 1. The molecular weight excluding hydrogens is 589 g/mol. The van der Waals surface area contributed by atoms with E-state index in [0.29, 0.717) is 0 Å². The highest BCUT2D eigenvalue weighted by Crippen LogP contribution is 2.49. The Kier molecular flexibility index (Phi) is 6.69. The summed E-state index contributed by atoms with van der Waals surface area (Å²) >= 11 is 1.87. The number of nitrogens with zero attached hydrogens (tertiary/aromatic N) is 2. The summed E-state index contributed by atoms with van der Waals surface area (Å²) in [6, 6.07) is 65.4. The Morgan fingerprint density at radius 3 is 1.43 bits per heavy atom. The Morgan fingerprint density at radius 1 is 0.383 bits per heavy atom. The lowest BCUT2D eigenvalue weighted by atomic mass is 10.0. The molecular formula is C44H30N2S. The van der Waals surface area contributed by atoms with Gasteiger partial charge in [-0.15, -0.1) is 11.3 Å². The Bertz CT molecular complexity index is 2390. The van der Waals surface area contributed by atoms with Gasteiger partial charge in [-0.2, -0.15) is 0 Å². The van der Waals surface area contributed by atoms with E-state index in [2.05, 4.69) is 191 Å². The molecule has 0 aliphatic carbocycles. The SMILES string of the molecule is c1ccc(-c2ccc(N(c3ccc(-c4ccccc4)cc3)c3c4ccccc4n4c3sc3c(-c5ccccc5)cccc34)cc2)cc1. The monoisotopic (exact) mass is 618 g/mol. The third kappa shape index (κ3) is 4.72. The van der Waals surface area contributed by atoms with Gasteiger partial charge in [0, 0.05) is 22.3 Å². The van der Waals surface area contributed by atoms with E-state index in [9.17, 15) is 0 Å². The van der Waals surface area contributed by atoms with E-state index >= 15 is 0 Å². The lowest BCUT2D eigenvalue weighted by Gasteiger charge is -2.25. The van der Waals surface area contributed by atoms with E-state index in [4.69, 9.17) is 0 Å². The molecule has 0 aliphatic heterocycles. The molecule has 2 aromatic heterocycles. The molecule has 2 heterocycles. The summed E-state index contributed by atoms with van der Waals surface area (Å²) in [5.74, 6) is 0. The number of rotatable bonds is 6. The van der Waals surface area contributed by atoms with Gasteiger partial charge in [-0.05, 0) is 64.2 Å². The quantitative estimate of drug-likeness (QED) is 0.180. The van der Waals surface area contributed by atoms with Gasteiger partial charge in [-0.1, -0.05) is 146 Å². The predicted octanol–water partition coefficient (Wildman–Crippen LogP) is 12.8. The zero-order valence-corrected chi connectivity index (χ0v) is 26.4. The van der Waals surface area contributed by atoms with Crippen LogP contribution in [0.4, 0.5) is 17.1 Å². The fourth-order valence-electron chi connectivity index (χ4n) is 6.77. The molecule has 0 saturated carbocycles. The highest BCUT2D eigenvalue weighted by molar-refractivity contribution is 7.25. The third-order valence-corrected chi connectivity index (χ3v) is 10.2. The van der Waals surface area contributed by atoms with Gasteiger partial charge in [0.1, 0.15) is 4.83 Å². The largest absolute Gasteiger partial charge is 0.307 e. The van der Waals surface area contributed by atoms with Crippen LogP contribution in [0.5, 0.6) is 0 Å². The summed E-state index contributed by atoms with van der Waals surface area (Å²) in [6.45, 7) is 0. The van der Waals surface area contributed by atoms with E-state index in [1.807, 2.05) is 11.3 Å². The molecule has 7 aromatic carbocycles. The summed E-state index contributed by atoms with van der Waals surface area (Å²) in [5, 5.41) is 1.23. The molecule has 9 rings (SSSR count). The molecule has 222 valence electrons. The molecule has 0 N–H and O–H groups in total. The van der Waals surface area contributed by atoms with Crippen LogP contribution in [0, 0.1) is 0 Å². The van der Waals surface area contributed by atoms with E-state index in [1.165, 1.54) is 65.0 Å². The average molecular weight is 619 g/mol. The molecule has 0 aliphatic rings. The van der Waals surface area contributed by atoms with Crippen LogP contribution in [0.1, 0.15) is 0 Å². The van der Waals surface area contributed by atoms with Crippen molar-refractivity contribution in [1.82, 2.24) is 4.40 Å². The molecule has 3 heteroatoms. The molecule has 0 spiro atoms. The van der Waals surface area contributed by atoms with Gasteiger partial charge in [-0.25, -0.2) is 0 Å². The second-order valence-corrected chi connectivity index (χ2v) is 12.8. The topological polar surface area (TPSA) is 7.65 Å². The third-order valence-electron chi connectivity index (χ3n) is 9.01. The molecule has 0 fully saturated rings. The molecule has 0 atom stereocenters. The van der Waals surface area contributed by atoms with Crippen LogP contribution < -0.4 is 4.90 Å². The molecule has 2 nitrogen and oxygen atoms in total. The zero-order chi connectivity index (χ0) is 31.2.